The van der Waals surface area contributed by atoms with Crippen LogP contribution in [0.4, 0.5) is 5.69 Å². The molecular weight excluding hydrogens is 446 g/mol. The summed E-state index contributed by atoms with van der Waals surface area (Å²) in [6.45, 7) is 0.736. The maximum Gasteiger partial charge on any atom is 0.267 e. The first-order chi connectivity index (χ1) is 15.4. The summed E-state index contributed by atoms with van der Waals surface area (Å²) in [6.07, 6.45) is 1.91. The number of carbonyl (C=O) groups excluding carboxylic acids is 1. The number of benzene rings is 2. The molecule has 1 N–H and O–H groups in total. The monoisotopic (exact) mass is 471 g/mol. The highest BCUT2D eigenvalue weighted by molar-refractivity contribution is 7.99. The number of ether oxygens (including phenoxy) is 1. The van der Waals surface area contributed by atoms with Gasteiger partial charge in [0.1, 0.15) is 11.6 Å². The maximum absolute atomic E-state index is 12.9. The van der Waals surface area contributed by atoms with E-state index in [0.717, 1.165) is 9.79 Å². The zero-order chi connectivity index (χ0) is 23.0. The largest absolute Gasteiger partial charge is 0.383 e. The Balaban J connectivity index is 1.79. The highest BCUT2D eigenvalue weighted by atomic mass is 32.2. The van der Waals surface area contributed by atoms with Gasteiger partial charge in [0.05, 0.1) is 23.8 Å². The van der Waals surface area contributed by atoms with E-state index in [2.05, 4.69) is 5.32 Å². The molecule has 1 aliphatic rings. The van der Waals surface area contributed by atoms with E-state index in [1.807, 2.05) is 54.6 Å². The van der Waals surface area contributed by atoms with Gasteiger partial charge in [0.2, 0.25) is 0 Å². The molecule has 1 aliphatic heterocycles. The van der Waals surface area contributed by atoms with Crippen LogP contribution in [0.15, 0.2) is 76.2 Å². The molecule has 1 fully saturated rings. The highest BCUT2D eigenvalue weighted by Gasteiger charge is 2.31. The van der Waals surface area contributed by atoms with Crippen molar-refractivity contribution in [1.29, 1.82) is 5.26 Å². The molecule has 1 unspecified atom stereocenters. The summed E-state index contributed by atoms with van der Waals surface area (Å²) in [5.74, 6) is -0.436. The Morgan fingerprint density at radius 1 is 1.25 bits per heavy atom. The molecule has 0 bridgehead atoms. The molecule has 2 aromatic carbocycles. The Kier molecular flexibility index (Phi) is 8.33. The van der Waals surface area contributed by atoms with Gasteiger partial charge < -0.3 is 15.0 Å². The second kappa shape index (κ2) is 11.2. The molecule has 168 valence electrons. The minimum Gasteiger partial charge on any atom is -0.383 e. The number of hydrogen-bond acceptors (Lipinski definition) is 7. The lowest BCUT2D eigenvalue weighted by atomic mass is 10.2. The van der Waals surface area contributed by atoms with Crippen LogP contribution in [0.2, 0.25) is 0 Å². The van der Waals surface area contributed by atoms with Gasteiger partial charge in [0.25, 0.3) is 5.91 Å². The summed E-state index contributed by atoms with van der Waals surface area (Å²) in [5, 5.41) is 12.5. The summed E-state index contributed by atoms with van der Waals surface area (Å²) < 4.78 is 28.9. The van der Waals surface area contributed by atoms with E-state index >= 15 is 0 Å². The van der Waals surface area contributed by atoms with Crippen LogP contribution in [-0.4, -0.2) is 57.0 Å². The second-order valence-corrected chi connectivity index (χ2v) is 10.7. The molecule has 1 atom stereocenters. The van der Waals surface area contributed by atoms with Gasteiger partial charge in [-0.15, -0.1) is 0 Å². The number of sulfone groups is 1. The molecule has 3 rings (SSSR count). The van der Waals surface area contributed by atoms with Crippen LogP contribution in [-0.2, 0) is 19.4 Å². The fourth-order valence-electron chi connectivity index (χ4n) is 3.35. The van der Waals surface area contributed by atoms with E-state index in [1.165, 1.54) is 18.0 Å². The Bertz CT molecular complexity index is 1110. The van der Waals surface area contributed by atoms with Gasteiger partial charge in [0, 0.05) is 35.7 Å². The number of amides is 1. The average molecular weight is 472 g/mol. The van der Waals surface area contributed by atoms with E-state index in [4.69, 9.17) is 4.74 Å². The number of carbonyl (C=O) groups is 1. The summed E-state index contributed by atoms with van der Waals surface area (Å²) in [6, 6.07) is 18.8. The SMILES string of the molecule is COCCN(/C=C(/C#N)C(=O)Nc1ccccc1Sc1ccccc1)C1CCS(=O)(=O)C1. The van der Waals surface area contributed by atoms with Gasteiger partial charge >= 0.3 is 0 Å². The van der Waals surface area contributed by atoms with Crippen LogP contribution in [0.1, 0.15) is 6.42 Å². The summed E-state index contributed by atoms with van der Waals surface area (Å²) >= 11 is 1.51. The lowest BCUT2D eigenvalue weighted by Gasteiger charge is -2.26. The summed E-state index contributed by atoms with van der Waals surface area (Å²) in [7, 11) is -1.56. The molecule has 0 radical (unpaired) electrons. The Labute approximate surface area is 193 Å². The van der Waals surface area contributed by atoms with E-state index < -0.39 is 15.7 Å². The van der Waals surface area contributed by atoms with Crippen LogP contribution >= 0.6 is 11.8 Å². The third kappa shape index (κ3) is 6.60. The Morgan fingerprint density at radius 3 is 2.62 bits per heavy atom. The van der Waals surface area contributed by atoms with Crippen molar-refractivity contribution in [3.8, 4) is 6.07 Å². The number of nitrogens with one attached hydrogen (secondary N) is 1. The number of para-hydroxylation sites is 1. The topological polar surface area (TPSA) is 99.5 Å². The van der Waals surface area contributed by atoms with Gasteiger partial charge in [-0.2, -0.15) is 5.26 Å². The lowest BCUT2D eigenvalue weighted by molar-refractivity contribution is -0.112. The Morgan fingerprint density at radius 2 is 1.97 bits per heavy atom. The van der Waals surface area contributed by atoms with Crippen molar-refractivity contribution in [1.82, 2.24) is 4.90 Å². The smallest absolute Gasteiger partial charge is 0.267 e. The van der Waals surface area contributed by atoms with Crippen molar-refractivity contribution < 1.29 is 17.9 Å². The van der Waals surface area contributed by atoms with E-state index in [9.17, 15) is 18.5 Å². The van der Waals surface area contributed by atoms with Crippen LogP contribution in [0.5, 0.6) is 0 Å². The van der Waals surface area contributed by atoms with Gasteiger partial charge in [-0.1, -0.05) is 42.1 Å². The van der Waals surface area contributed by atoms with Crippen molar-refractivity contribution in [3.05, 3.63) is 66.4 Å². The fraction of sp³-hybridized carbons (Fsp3) is 0.304. The van der Waals surface area contributed by atoms with Gasteiger partial charge in [-0.05, 0) is 30.7 Å². The molecule has 0 saturated carbocycles. The third-order valence-electron chi connectivity index (χ3n) is 5.00. The molecule has 7 nitrogen and oxygen atoms in total. The van der Waals surface area contributed by atoms with E-state index in [-0.39, 0.29) is 23.1 Å². The van der Waals surface area contributed by atoms with Crippen molar-refractivity contribution in [2.45, 2.75) is 22.3 Å². The molecule has 0 aromatic heterocycles. The van der Waals surface area contributed by atoms with Crippen LogP contribution in [0.25, 0.3) is 0 Å². The van der Waals surface area contributed by atoms with Crippen LogP contribution < -0.4 is 5.32 Å². The van der Waals surface area contributed by atoms with Gasteiger partial charge in [-0.25, -0.2) is 8.42 Å². The summed E-state index contributed by atoms with van der Waals surface area (Å²) in [5.41, 5.74) is 0.504. The number of nitrogens with zero attached hydrogens (tertiary/aromatic N) is 2. The number of methoxy groups -OCH3 is 1. The number of hydrogen-bond donors (Lipinski definition) is 1. The molecule has 1 heterocycles. The van der Waals surface area contributed by atoms with E-state index in [0.29, 0.717) is 25.3 Å². The second-order valence-electron chi connectivity index (χ2n) is 7.31. The van der Waals surface area contributed by atoms with Crippen LogP contribution in [0, 0.1) is 11.3 Å². The third-order valence-corrected chi connectivity index (χ3v) is 7.83. The molecule has 9 heteroatoms. The predicted octanol–water partition coefficient (Wildman–Crippen LogP) is 3.32. The zero-order valence-electron chi connectivity index (χ0n) is 17.7. The maximum atomic E-state index is 12.9. The van der Waals surface area contributed by atoms with Crippen molar-refractivity contribution in [2.75, 3.05) is 37.1 Å². The summed E-state index contributed by atoms with van der Waals surface area (Å²) in [4.78, 5) is 16.5. The molecule has 0 spiro atoms. The molecule has 32 heavy (non-hydrogen) atoms. The zero-order valence-corrected chi connectivity index (χ0v) is 19.4. The molecule has 0 aliphatic carbocycles. The average Bonchev–Trinajstić information content (AvgIpc) is 3.15. The van der Waals surface area contributed by atoms with Crippen molar-refractivity contribution >= 4 is 33.2 Å². The Hall–Kier alpha value is -2.80. The minimum atomic E-state index is -3.11. The minimum absolute atomic E-state index is 0.00406. The number of rotatable bonds is 9. The number of anilines is 1. The molecule has 2 aromatic rings. The number of nitriles is 1. The highest BCUT2D eigenvalue weighted by Crippen LogP contribution is 2.33. The van der Waals surface area contributed by atoms with Crippen molar-refractivity contribution in [3.63, 3.8) is 0 Å². The molecule has 1 amide bonds. The fourth-order valence-corrected chi connectivity index (χ4v) is 6.02. The first kappa shape index (κ1) is 23.9. The molecular formula is C23H25N3O4S2. The van der Waals surface area contributed by atoms with Crippen LogP contribution in [0.3, 0.4) is 0 Å². The normalized spacial score (nSPS) is 17.5. The quantitative estimate of drug-likeness (QED) is 0.442. The first-order valence-corrected chi connectivity index (χ1v) is 12.8. The first-order valence-electron chi connectivity index (χ1n) is 10.1. The lowest BCUT2D eigenvalue weighted by Crippen LogP contribution is -2.35. The van der Waals surface area contributed by atoms with Crippen molar-refractivity contribution in [2.24, 2.45) is 0 Å². The standard InChI is InChI=1S/C23H25N3O4S2/c1-30-13-12-26(19-11-14-32(28,29)17-19)16-18(15-24)23(27)25-21-9-5-6-10-22(21)31-20-7-3-2-4-8-20/h2-10,16,19H,11-14,17H2,1H3,(H,25,27)/b18-16-. The van der Waals surface area contributed by atoms with Gasteiger partial charge in [-0.3, -0.25) is 4.79 Å². The molecule has 1 saturated heterocycles. The van der Waals surface area contributed by atoms with E-state index in [1.54, 1.807) is 18.1 Å². The predicted molar refractivity (Wildman–Crippen MR) is 125 cm³/mol. The van der Waals surface area contributed by atoms with Gasteiger partial charge in [0.15, 0.2) is 9.84 Å².